The summed E-state index contributed by atoms with van der Waals surface area (Å²) < 4.78 is 12.9. The summed E-state index contributed by atoms with van der Waals surface area (Å²) in [6, 6.07) is 9.48. The largest absolute Gasteiger partial charge is 0.497 e. The molecule has 0 bridgehead atoms. The second-order valence-electron chi connectivity index (χ2n) is 5.52. The number of methoxy groups -OCH3 is 2. The van der Waals surface area contributed by atoms with Gasteiger partial charge in [0.25, 0.3) is 11.6 Å². The molecule has 3 rings (SSSR count). The summed E-state index contributed by atoms with van der Waals surface area (Å²) >= 11 is 1.23. The second-order valence-corrected chi connectivity index (χ2v) is 6.53. The molecule has 0 aliphatic rings. The second kappa shape index (κ2) is 7.58. The summed E-state index contributed by atoms with van der Waals surface area (Å²) in [6.07, 6.45) is 0. The van der Waals surface area contributed by atoms with Crippen molar-refractivity contribution in [3.05, 3.63) is 56.9 Å². The van der Waals surface area contributed by atoms with Crippen LogP contribution in [0.5, 0.6) is 11.5 Å². The van der Waals surface area contributed by atoms with Gasteiger partial charge in [-0.25, -0.2) is 0 Å². The molecule has 0 aliphatic carbocycles. The Hall–Kier alpha value is -3.20. The molecule has 0 unspecified atom stereocenters. The van der Waals surface area contributed by atoms with Gasteiger partial charge < -0.3 is 14.0 Å². The van der Waals surface area contributed by atoms with Crippen molar-refractivity contribution >= 4 is 33.1 Å². The monoisotopic (exact) mass is 387 g/mol. The summed E-state index contributed by atoms with van der Waals surface area (Å²) in [4.78, 5) is 28.0. The number of nitro benzene ring substituents is 1. The molecule has 3 aromatic rings. The highest BCUT2D eigenvalue weighted by Gasteiger charge is 2.15. The van der Waals surface area contributed by atoms with Crippen molar-refractivity contribution in [3.8, 4) is 11.5 Å². The Labute approximate surface area is 158 Å². The summed E-state index contributed by atoms with van der Waals surface area (Å²) in [5.74, 6) is 0.474. The van der Waals surface area contributed by atoms with Crippen molar-refractivity contribution in [2.75, 3.05) is 14.2 Å². The molecule has 0 atom stereocenters. The number of rotatable bonds is 5. The van der Waals surface area contributed by atoms with E-state index in [0.29, 0.717) is 33.1 Å². The van der Waals surface area contributed by atoms with E-state index in [2.05, 4.69) is 4.99 Å². The third-order valence-corrected chi connectivity index (χ3v) is 5.07. The van der Waals surface area contributed by atoms with Crippen molar-refractivity contribution < 1.29 is 19.2 Å². The zero-order valence-corrected chi connectivity index (χ0v) is 15.8. The Morgan fingerprint density at radius 1 is 1.22 bits per heavy atom. The highest BCUT2D eigenvalue weighted by atomic mass is 32.1. The molecule has 9 heteroatoms. The van der Waals surface area contributed by atoms with Crippen LogP contribution < -0.4 is 14.3 Å². The number of hydrogen-bond donors (Lipinski definition) is 0. The summed E-state index contributed by atoms with van der Waals surface area (Å²) in [5, 5.41) is 11.0. The maximum Gasteiger partial charge on any atom is 0.283 e. The fraction of sp³-hybridized carbons (Fsp3) is 0.222. The van der Waals surface area contributed by atoms with Gasteiger partial charge in [0.2, 0.25) is 0 Å². The van der Waals surface area contributed by atoms with E-state index >= 15 is 0 Å². The van der Waals surface area contributed by atoms with Gasteiger partial charge in [-0.3, -0.25) is 14.9 Å². The minimum Gasteiger partial charge on any atom is -0.497 e. The van der Waals surface area contributed by atoms with Gasteiger partial charge in [0.1, 0.15) is 11.5 Å². The first-order valence-electron chi connectivity index (χ1n) is 8.07. The van der Waals surface area contributed by atoms with Gasteiger partial charge in [-0.05, 0) is 25.1 Å². The Balaban J connectivity index is 2.12. The maximum absolute atomic E-state index is 12.7. The van der Waals surface area contributed by atoms with Crippen LogP contribution in [0.25, 0.3) is 10.2 Å². The molecule has 140 valence electrons. The molecular weight excluding hydrogens is 370 g/mol. The standard InChI is InChI=1S/C18H17N3O5S/c1-4-20-14-8-5-11(21(23)24)9-16(14)27-18(20)19-17(22)13-7-6-12(25-2)10-15(13)26-3/h5-10H,4H2,1-3H3. The van der Waals surface area contributed by atoms with Crippen LogP contribution in [0.2, 0.25) is 0 Å². The number of ether oxygens (including phenoxy) is 2. The van der Waals surface area contributed by atoms with Crippen molar-refractivity contribution in [1.29, 1.82) is 0 Å². The van der Waals surface area contributed by atoms with Gasteiger partial charge in [-0.2, -0.15) is 4.99 Å². The zero-order chi connectivity index (χ0) is 19.6. The van der Waals surface area contributed by atoms with Crippen molar-refractivity contribution in [1.82, 2.24) is 4.57 Å². The first-order valence-corrected chi connectivity index (χ1v) is 8.89. The van der Waals surface area contributed by atoms with Crippen molar-refractivity contribution in [2.45, 2.75) is 13.5 Å². The summed E-state index contributed by atoms with van der Waals surface area (Å²) in [7, 11) is 3.00. The summed E-state index contributed by atoms with van der Waals surface area (Å²) in [6.45, 7) is 2.49. The molecule has 0 radical (unpaired) electrons. The van der Waals surface area contributed by atoms with Gasteiger partial charge in [0.05, 0.1) is 34.9 Å². The Bertz CT molecular complexity index is 1100. The van der Waals surface area contributed by atoms with Gasteiger partial charge >= 0.3 is 0 Å². The number of nitro groups is 1. The molecule has 27 heavy (non-hydrogen) atoms. The quantitative estimate of drug-likeness (QED) is 0.494. The van der Waals surface area contributed by atoms with Crippen LogP contribution in [-0.2, 0) is 6.54 Å². The molecule has 0 saturated heterocycles. The number of aryl methyl sites for hydroxylation is 1. The minimum absolute atomic E-state index is 0.00158. The molecular formula is C18H17N3O5S. The van der Waals surface area contributed by atoms with Gasteiger partial charge in [0, 0.05) is 24.7 Å². The van der Waals surface area contributed by atoms with Crippen molar-refractivity contribution in [2.24, 2.45) is 4.99 Å². The predicted molar refractivity (Wildman–Crippen MR) is 102 cm³/mol. The van der Waals surface area contributed by atoms with Crippen LogP contribution in [-0.4, -0.2) is 29.6 Å². The Morgan fingerprint density at radius 3 is 2.63 bits per heavy atom. The van der Waals surface area contributed by atoms with E-state index in [-0.39, 0.29) is 5.69 Å². The number of carbonyl (C=O) groups excluding carboxylic acids is 1. The van der Waals surface area contributed by atoms with E-state index in [9.17, 15) is 14.9 Å². The zero-order valence-electron chi connectivity index (χ0n) is 15.0. The maximum atomic E-state index is 12.7. The lowest BCUT2D eigenvalue weighted by atomic mass is 10.2. The molecule has 0 N–H and O–H groups in total. The van der Waals surface area contributed by atoms with Crippen LogP contribution in [0.1, 0.15) is 17.3 Å². The SMILES string of the molecule is CCn1c(=NC(=O)c2ccc(OC)cc2OC)sc2cc([N+](=O)[O-])ccc21. The lowest BCUT2D eigenvalue weighted by molar-refractivity contribution is -0.384. The molecule has 1 heterocycles. The smallest absolute Gasteiger partial charge is 0.283 e. The van der Waals surface area contributed by atoms with E-state index in [1.807, 2.05) is 11.5 Å². The van der Waals surface area contributed by atoms with E-state index in [4.69, 9.17) is 9.47 Å². The fourth-order valence-corrected chi connectivity index (χ4v) is 3.81. The normalized spacial score (nSPS) is 11.6. The van der Waals surface area contributed by atoms with E-state index < -0.39 is 10.8 Å². The van der Waals surface area contributed by atoms with Crippen LogP contribution in [0, 0.1) is 10.1 Å². The predicted octanol–water partition coefficient (Wildman–Crippen LogP) is 3.39. The molecule has 2 aromatic carbocycles. The van der Waals surface area contributed by atoms with E-state index in [1.165, 1.54) is 37.7 Å². The third kappa shape index (κ3) is 3.54. The number of fused-ring (bicyclic) bond motifs is 1. The number of non-ortho nitro benzene ring substituents is 1. The Morgan fingerprint density at radius 2 is 2.00 bits per heavy atom. The van der Waals surface area contributed by atoms with Crippen LogP contribution in [0.3, 0.4) is 0 Å². The number of amides is 1. The lowest BCUT2D eigenvalue weighted by Crippen LogP contribution is -2.16. The van der Waals surface area contributed by atoms with Crippen molar-refractivity contribution in [3.63, 3.8) is 0 Å². The first-order chi connectivity index (χ1) is 13.0. The number of thiazole rings is 1. The average molecular weight is 387 g/mol. The number of aromatic nitrogens is 1. The summed E-state index contributed by atoms with van der Waals surface area (Å²) in [5.41, 5.74) is 1.10. The molecule has 0 spiro atoms. The number of benzene rings is 2. The van der Waals surface area contributed by atoms with Gasteiger partial charge in [-0.15, -0.1) is 0 Å². The van der Waals surface area contributed by atoms with E-state index in [1.54, 1.807) is 24.3 Å². The molecule has 1 aromatic heterocycles. The first kappa shape index (κ1) is 18.6. The molecule has 0 saturated carbocycles. The number of hydrogen-bond acceptors (Lipinski definition) is 6. The fourth-order valence-electron chi connectivity index (χ4n) is 2.69. The Kier molecular flexibility index (Phi) is 5.22. The third-order valence-electron chi connectivity index (χ3n) is 4.03. The molecule has 1 amide bonds. The number of carbonyl (C=O) groups is 1. The lowest BCUT2D eigenvalue weighted by Gasteiger charge is -2.07. The number of nitrogens with zero attached hydrogens (tertiary/aromatic N) is 3. The van der Waals surface area contributed by atoms with Gasteiger partial charge in [0.15, 0.2) is 4.80 Å². The highest BCUT2D eigenvalue weighted by Crippen LogP contribution is 2.26. The average Bonchev–Trinajstić information content (AvgIpc) is 3.03. The van der Waals surface area contributed by atoms with E-state index in [0.717, 1.165) is 5.52 Å². The molecule has 0 aliphatic heterocycles. The van der Waals surface area contributed by atoms with Gasteiger partial charge in [-0.1, -0.05) is 11.3 Å². The minimum atomic E-state index is -0.460. The van der Waals surface area contributed by atoms with Crippen LogP contribution in [0.15, 0.2) is 41.4 Å². The van der Waals surface area contributed by atoms with Crippen LogP contribution in [0.4, 0.5) is 5.69 Å². The topological polar surface area (TPSA) is 96.0 Å². The molecule has 8 nitrogen and oxygen atoms in total. The molecule has 0 fully saturated rings. The highest BCUT2D eigenvalue weighted by molar-refractivity contribution is 7.16. The van der Waals surface area contributed by atoms with Crippen LogP contribution >= 0.6 is 11.3 Å².